The predicted octanol–water partition coefficient (Wildman–Crippen LogP) is 3.11. The number of thiazole rings is 1. The van der Waals surface area contributed by atoms with Gasteiger partial charge in [0.2, 0.25) is 0 Å². The third-order valence-electron chi connectivity index (χ3n) is 1.55. The quantitative estimate of drug-likeness (QED) is 0.741. The fourth-order valence-electron chi connectivity index (χ4n) is 1.05. The summed E-state index contributed by atoms with van der Waals surface area (Å²) in [5.74, 6) is 0. The topological polar surface area (TPSA) is 24.9 Å². The van der Waals surface area contributed by atoms with Crippen molar-refractivity contribution in [3.8, 4) is 0 Å². The summed E-state index contributed by atoms with van der Waals surface area (Å²) in [5, 5.41) is 4.42. The Morgan fingerprint density at radius 2 is 2.23 bits per heavy atom. The third-order valence-corrected chi connectivity index (χ3v) is 2.61. The van der Waals surface area contributed by atoms with E-state index in [4.69, 9.17) is 0 Å². The minimum Gasteiger partial charge on any atom is -0.327 e. The Morgan fingerprint density at radius 1 is 1.46 bits per heavy atom. The molecule has 1 aromatic heterocycles. The second-order valence-corrected chi connectivity index (χ2v) is 4.13. The van der Waals surface area contributed by atoms with Gasteiger partial charge < -0.3 is 5.32 Å². The summed E-state index contributed by atoms with van der Waals surface area (Å²) in [6.07, 6.45) is 0. The first-order valence-electron chi connectivity index (χ1n) is 3.76. The number of hydrogen-bond donors (Lipinski definition) is 2. The second-order valence-electron chi connectivity index (χ2n) is 2.56. The van der Waals surface area contributed by atoms with E-state index in [1.807, 2.05) is 24.3 Å². The van der Waals surface area contributed by atoms with E-state index in [1.165, 1.54) is 4.70 Å². The molecule has 2 aromatic rings. The van der Waals surface area contributed by atoms with Crippen molar-refractivity contribution in [2.45, 2.75) is 0 Å². The number of rotatable bonds is 2. The average molecular weight is 208 g/mol. The van der Waals surface area contributed by atoms with E-state index in [2.05, 4.69) is 29.5 Å². The van der Waals surface area contributed by atoms with Gasteiger partial charge in [-0.25, -0.2) is 4.98 Å². The lowest BCUT2D eigenvalue weighted by molar-refractivity contribution is 1.45. The Kier molecular flexibility index (Phi) is 2.24. The summed E-state index contributed by atoms with van der Waals surface area (Å²) in [4.78, 5) is 4.35. The number of thiol groups is 1. The molecule has 2 rings (SSSR count). The summed E-state index contributed by atoms with van der Waals surface area (Å²) in [5.41, 5.74) is 1.00. The Hall–Kier alpha value is -1.00. The Labute approximate surface area is 85.7 Å². The lowest BCUT2D eigenvalue weighted by Crippen LogP contribution is -1.89. The van der Waals surface area contributed by atoms with Crippen molar-refractivity contribution in [1.82, 2.24) is 4.98 Å². The van der Waals surface area contributed by atoms with Gasteiger partial charge in [-0.3, -0.25) is 0 Å². The number of hydrogen-bond acceptors (Lipinski definition) is 4. The number of benzene rings is 1. The summed E-state index contributed by atoms with van der Waals surface area (Å²) in [7, 11) is 0. The van der Waals surface area contributed by atoms with Crippen LogP contribution in [-0.2, 0) is 0 Å². The van der Waals surface area contributed by atoms with Gasteiger partial charge in [0.05, 0.1) is 15.2 Å². The van der Waals surface area contributed by atoms with E-state index in [1.54, 1.807) is 11.3 Å². The van der Waals surface area contributed by atoms with Gasteiger partial charge >= 0.3 is 0 Å². The molecule has 66 valence electrons. The van der Waals surface area contributed by atoms with E-state index < -0.39 is 0 Å². The fourth-order valence-corrected chi connectivity index (χ4v) is 2.12. The zero-order chi connectivity index (χ0) is 9.26. The summed E-state index contributed by atoms with van der Waals surface area (Å²) >= 11 is 5.65. The average Bonchev–Trinajstić information content (AvgIpc) is 2.44. The lowest BCUT2D eigenvalue weighted by atomic mass is 10.3. The maximum Gasteiger partial charge on any atom is 0.188 e. The molecule has 0 aliphatic carbocycles. The maximum atomic E-state index is 4.35. The summed E-state index contributed by atoms with van der Waals surface area (Å²) < 4.78 is 1.17. The Bertz CT molecular complexity index is 415. The van der Waals surface area contributed by atoms with Crippen LogP contribution in [0.25, 0.3) is 10.2 Å². The number of para-hydroxylation sites is 1. The lowest BCUT2D eigenvalue weighted by Gasteiger charge is -1.95. The zero-order valence-corrected chi connectivity index (χ0v) is 8.53. The molecular weight excluding hydrogens is 200 g/mol. The number of fused-ring (bicyclic) bond motifs is 1. The van der Waals surface area contributed by atoms with Crippen molar-refractivity contribution in [1.29, 1.82) is 0 Å². The maximum absolute atomic E-state index is 4.35. The highest BCUT2D eigenvalue weighted by molar-refractivity contribution is 7.84. The fraction of sp³-hybridized carbons (Fsp3) is 0. The first kappa shape index (κ1) is 8.59. The summed E-state index contributed by atoms with van der Waals surface area (Å²) in [6.45, 7) is 3.64. The van der Waals surface area contributed by atoms with Gasteiger partial charge in [-0.15, -0.1) is 12.6 Å². The molecule has 0 aliphatic rings. The highest BCUT2D eigenvalue weighted by Gasteiger charge is 2.01. The first-order valence-corrected chi connectivity index (χ1v) is 5.02. The van der Waals surface area contributed by atoms with Crippen LogP contribution in [0.1, 0.15) is 0 Å². The smallest absolute Gasteiger partial charge is 0.188 e. The molecule has 0 atom stereocenters. The molecule has 0 unspecified atom stereocenters. The minimum atomic E-state index is 0.610. The zero-order valence-electron chi connectivity index (χ0n) is 6.82. The van der Waals surface area contributed by atoms with Crippen molar-refractivity contribution in [2.24, 2.45) is 0 Å². The molecule has 0 bridgehead atoms. The SMILES string of the molecule is C=C(S)Nc1nc2ccccc2s1. The minimum absolute atomic E-state index is 0.610. The van der Waals surface area contributed by atoms with E-state index in [-0.39, 0.29) is 0 Å². The van der Waals surface area contributed by atoms with Gasteiger partial charge in [-0.2, -0.15) is 0 Å². The normalized spacial score (nSPS) is 10.2. The molecule has 0 fully saturated rings. The van der Waals surface area contributed by atoms with Crippen molar-refractivity contribution < 1.29 is 0 Å². The molecule has 0 aliphatic heterocycles. The summed E-state index contributed by atoms with van der Waals surface area (Å²) in [6, 6.07) is 8.00. The predicted molar refractivity (Wildman–Crippen MR) is 61.4 cm³/mol. The van der Waals surface area contributed by atoms with E-state index in [9.17, 15) is 0 Å². The Balaban J connectivity index is 2.44. The highest BCUT2D eigenvalue weighted by Crippen LogP contribution is 2.26. The van der Waals surface area contributed by atoms with Crippen molar-refractivity contribution in [3.63, 3.8) is 0 Å². The van der Waals surface area contributed by atoms with Crippen LogP contribution in [-0.4, -0.2) is 4.98 Å². The van der Waals surface area contributed by atoms with Crippen LogP contribution in [0.15, 0.2) is 35.9 Å². The van der Waals surface area contributed by atoms with Crippen LogP contribution in [0.4, 0.5) is 5.13 Å². The van der Waals surface area contributed by atoms with Gasteiger partial charge in [0, 0.05) is 0 Å². The van der Waals surface area contributed by atoms with Gasteiger partial charge in [-0.1, -0.05) is 30.0 Å². The molecule has 0 saturated heterocycles. The molecule has 1 aromatic carbocycles. The molecule has 13 heavy (non-hydrogen) atoms. The molecule has 0 spiro atoms. The van der Waals surface area contributed by atoms with Gasteiger partial charge in [0.15, 0.2) is 5.13 Å². The second kappa shape index (κ2) is 3.40. The van der Waals surface area contributed by atoms with Crippen LogP contribution in [0.2, 0.25) is 0 Å². The van der Waals surface area contributed by atoms with E-state index in [0.29, 0.717) is 5.03 Å². The molecule has 0 amide bonds. The monoisotopic (exact) mass is 208 g/mol. The highest BCUT2D eigenvalue weighted by atomic mass is 32.1. The third kappa shape index (κ3) is 1.84. The van der Waals surface area contributed by atoms with Crippen LogP contribution < -0.4 is 5.32 Å². The van der Waals surface area contributed by atoms with Crippen LogP contribution in [0.5, 0.6) is 0 Å². The van der Waals surface area contributed by atoms with Crippen LogP contribution in [0, 0.1) is 0 Å². The number of nitrogens with one attached hydrogen (secondary N) is 1. The molecule has 1 heterocycles. The largest absolute Gasteiger partial charge is 0.327 e. The first-order chi connectivity index (χ1) is 6.25. The molecule has 0 saturated carbocycles. The van der Waals surface area contributed by atoms with Crippen molar-refractivity contribution in [2.75, 3.05) is 5.32 Å². The van der Waals surface area contributed by atoms with Crippen molar-refractivity contribution >= 4 is 39.3 Å². The van der Waals surface area contributed by atoms with Crippen LogP contribution in [0.3, 0.4) is 0 Å². The number of nitrogens with zero attached hydrogens (tertiary/aromatic N) is 1. The molecular formula is C9H8N2S2. The number of aromatic nitrogens is 1. The van der Waals surface area contributed by atoms with Crippen LogP contribution >= 0.6 is 24.0 Å². The van der Waals surface area contributed by atoms with Gasteiger partial charge in [-0.05, 0) is 12.1 Å². The molecule has 4 heteroatoms. The van der Waals surface area contributed by atoms with Crippen molar-refractivity contribution in [3.05, 3.63) is 35.9 Å². The van der Waals surface area contributed by atoms with Gasteiger partial charge in [0.1, 0.15) is 0 Å². The molecule has 0 radical (unpaired) electrons. The van der Waals surface area contributed by atoms with E-state index >= 15 is 0 Å². The Morgan fingerprint density at radius 3 is 2.92 bits per heavy atom. The standard InChI is InChI=1S/C9H8N2S2/c1-6(12)10-9-11-7-4-2-3-5-8(7)13-9/h2-5,12H,1H2,(H,10,11). The molecule has 2 nitrogen and oxygen atoms in total. The molecule has 1 N–H and O–H groups in total. The van der Waals surface area contributed by atoms with Gasteiger partial charge in [0.25, 0.3) is 0 Å². The number of anilines is 1. The van der Waals surface area contributed by atoms with E-state index in [0.717, 1.165) is 10.6 Å².